The highest BCUT2D eigenvalue weighted by molar-refractivity contribution is 5.88. The van der Waals surface area contributed by atoms with Crippen LogP contribution in [0, 0.1) is 0 Å². The lowest BCUT2D eigenvalue weighted by Gasteiger charge is -2.04. The molecule has 0 fully saturated rings. The first kappa shape index (κ1) is 13.8. The van der Waals surface area contributed by atoms with Gasteiger partial charge in [0.2, 0.25) is 0 Å². The highest BCUT2D eigenvalue weighted by Gasteiger charge is 2.11. The molecule has 0 bridgehead atoms. The lowest BCUT2D eigenvalue weighted by Crippen LogP contribution is -2.18. The predicted molar refractivity (Wildman–Crippen MR) is 82.7 cm³/mol. The average Bonchev–Trinajstić information content (AvgIpc) is 2.56. The van der Waals surface area contributed by atoms with Gasteiger partial charge in [-0.05, 0) is 17.2 Å². The van der Waals surface area contributed by atoms with E-state index < -0.39 is 11.5 Å². The van der Waals surface area contributed by atoms with Crippen LogP contribution in [0.4, 0.5) is 0 Å². The van der Waals surface area contributed by atoms with Crippen LogP contribution < -0.4 is 5.56 Å². The Kier molecular flexibility index (Phi) is 3.53. The van der Waals surface area contributed by atoms with Crippen LogP contribution in [0.5, 0.6) is 0 Å². The molecule has 0 aliphatic carbocycles. The average molecular weight is 292 g/mol. The van der Waals surface area contributed by atoms with Gasteiger partial charge in [0, 0.05) is 5.56 Å². The molecular weight excluding hydrogens is 280 g/mol. The molecule has 0 aliphatic rings. The van der Waals surface area contributed by atoms with E-state index in [4.69, 9.17) is 5.11 Å². The third-order valence-electron chi connectivity index (χ3n) is 3.32. The second-order valence-electron chi connectivity index (χ2n) is 4.74. The van der Waals surface area contributed by atoms with Crippen molar-refractivity contribution in [2.24, 2.45) is 0 Å². The number of hydrogen-bond acceptors (Lipinski definition) is 3. The van der Waals surface area contributed by atoms with Crippen LogP contribution in [0.1, 0.15) is 10.4 Å². The van der Waals surface area contributed by atoms with Gasteiger partial charge in [-0.3, -0.25) is 4.79 Å². The standard InChI is InChI=1S/C17H12N2O3/c20-16-14(17(21)22)10-15(18-19-16)13-8-6-12(7-9-13)11-4-2-1-3-5-11/h1-10H,(H,19,20)(H,21,22). The predicted octanol–water partition coefficient (Wildman–Crippen LogP) is 2.80. The van der Waals surface area contributed by atoms with Crippen LogP contribution in [-0.4, -0.2) is 21.3 Å². The molecule has 3 rings (SSSR count). The Morgan fingerprint density at radius 3 is 2.14 bits per heavy atom. The minimum atomic E-state index is -1.27. The molecular formula is C17H12N2O3. The Morgan fingerprint density at radius 2 is 1.50 bits per heavy atom. The van der Waals surface area contributed by atoms with Crippen molar-refractivity contribution in [3.8, 4) is 22.4 Å². The largest absolute Gasteiger partial charge is 0.477 e. The number of carbonyl (C=O) groups is 1. The number of nitrogens with one attached hydrogen (secondary N) is 1. The molecule has 1 heterocycles. The molecule has 0 atom stereocenters. The third kappa shape index (κ3) is 2.64. The molecule has 0 spiro atoms. The summed E-state index contributed by atoms with van der Waals surface area (Å²) < 4.78 is 0. The fourth-order valence-electron chi connectivity index (χ4n) is 2.18. The number of rotatable bonds is 3. The van der Waals surface area contributed by atoms with E-state index in [0.29, 0.717) is 5.69 Å². The minimum absolute atomic E-state index is 0.322. The summed E-state index contributed by atoms with van der Waals surface area (Å²) in [5.41, 5.74) is 2.26. The van der Waals surface area contributed by atoms with Gasteiger partial charge in [-0.25, -0.2) is 9.89 Å². The molecule has 2 aromatic carbocycles. The molecule has 0 saturated heterocycles. The zero-order valence-corrected chi connectivity index (χ0v) is 11.5. The summed E-state index contributed by atoms with van der Waals surface area (Å²) in [7, 11) is 0. The van der Waals surface area contributed by atoms with Crippen LogP contribution in [0.25, 0.3) is 22.4 Å². The van der Waals surface area contributed by atoms with Gasteiger partial charge in [0.15, 0.2) is 0 Å². The van der Waals surface area contributed by atoms with Gasteiger partial charge in [-0.15, -0.1) is 0 Å². The van der Waals surface area contributed by atoms with Gasteiger partial charge in [-0.1, -0.05) is 54.6 Å². The van der Waals surface area contributed by atoms with Crippen molar-refractivity contribution in [3.05, 3.63) is 76.6 Å². The van der Waals surface area contributed by atoms with E-state index in [9.17, 15) is 9.59 Å². The molecule has 0 saturated carbocycles. The first-order valence-electron chi connectivity index (χ1n) is 6.64. The van der Waals surface area contributed by atoms with Crippen molar-refractivity contribution in [3.63, 3.8) is 0 Å². The number of aromatic nitrogens is 2. The summed E-state index contributed by atoms with van der Waals surface area (Å²) in [6, 6.07) is 18.7. The van der Waals surface area contributed by atoms with Crippen LogP contribution in [-0.2, 0) is 0 Å². The molecule has 5 nitrogen and oxygen atoms in total. The fourth-order valence-corrected chi connectivity index (χ4v) is 2.18. The summed E-state index contributed by atoms with van der Waals surface area (Å²) in [6.07, 6.45) is 0. The topological polar surface area (TPSA) is 83.0 Å². The summed E-state index contributed by atoms with van der Waals surface area (Å²) in [4.78, 5) is 22.4. The lowest BCUT2D eigenvalue weighted by molar-refractivity contribution is 0.0694. The van der Waals surface area contributed by atoms with Crippen molar-refractivity contribution in [1.29, 1.82) is 0 Å². The van der Waals surface area contributed by atoms with Crippen molar-refractivity contribution < 1.29 is 9.90 Å². The molecule has 2 N–H and O–H groups in total. The number of aromatic carboxylic acids is 1. The first-order chi connectivity index (χ1) is 10.6. The summed E-state index contributed by atoms with van der Waals surface area (Å²) >= 11 is 0. The van der Waals surface area contributed by atoms with Gasteiger partial charge in [0.05, 0.1) is 5.69 Å². The van der Waals surface area contributed by atoms with E-state index in [2.05, 4.69) is 10.2 Å². The Balaban J connectivity index is 1.98. The van der Waals surface area contributed by atoms with Gasteiger partial charge in [-0.2, -0.15) is 5.10 Å². The van der Waals surface area contributed by atoms with Crippen molar-refractivity contribution >= 4 is 5.97 Å². The maximum Gasteiger partial charge on any atom is 0.341 e. The molecule has 22 heavy (non-hydrogen) atoms. The fraction of sp³-hybridized carbons (Fsp3) is 0. The Hall–Kier alpha value is -3.21. The number of aromatic amines is 1. The van der Waals surface area contributed by atoms with Crippen LogP contribution in [0.15, 0.2) is 65.5 Å². The van der Waals surface area contributed by atoms with E-state index in [0.717, 1.165) is 16.7 Å². The SMILES string of the molecule is O=C(O)c1cc(-c2ccc(-c3ccccc3)cc2)n[nH]c1=O. The molecule has 0 amide bonds. The Labute approximate surface area is 125 Å². The van der Waals surface area contributed by atoms with Gasteiger partial charge >= 0.3 is 5.97 Å². The van der Waals surface area contributed by atoms with E-state index in [1.807, 2.05) is 54.6 Å². The van der Waals surface area contributed by atoms with Crippen molar-refractivity contribution in [2.75, 3.05) is 0 Å². The van der Waals surface area contributed by atoms with E-state index >= 15 is 0 Å². The first-order valence-corrected chi connectivity index (χ1v) is 6.64. The van der Waals surface area contributed by atoms with Crippen LogP contribution in [0.3, 0.4) is 0 Å². The van der Waals surface area contributed by atoms with Gasteiger partial charge in [0.25, 0.3) is 5.56 Å². The number of nitrogens with zero attached hydrogens (tertiary/aromatic N) is 1. The number of benzene rings is 2. The van der Waals surface area contributed by atoms with Crippen LogP contribution >= 0.6 is 0 Å². The third-order valence-corrected chi connectivity index (χ3v) is 3.32. The molecule has 5 heteroatoms. The maximum absolute atomic E-state index is 11.4. The normalized spacial score (nSPS) is 10.4. The number of hydrogen-bond donors (Lipinski definition) is 2. The zero-order valence-electron chi connectivity index (χ0n) is 11.5. The van der Waals surface area contributed by atoms with Crippen molar-refractivity contribution in [2.45, 2.75) is 0 Å². The maximum atomic E-state index is 11.4. The van der Waals surface area contributed by atoms with Gasteiger partial charge < -0.3 is 5.11 Å². The van der Waals surface area contributed by atoms with Crippen molar-refractivity contribution in [1.82, 2.24) is 10.2 Å². The number of carboxylic acid groups (broad SMARTS) is 1. The van der Waals surface area contributed by atoms with Gasteiger partial charge in [0.1, 0.15) is 5.56 Å². The smallest absolute Gasteiger partial charge is 0.341 e. The lowest BCUT2D eigenvalue weighted by atomic mass is 10.0. The summed E-state index contributed by atoms with van der Waals surface area (Å²) in [6.45, 7) is 0. The highest BCUT2D eigenvalue weighted by atomic mass is 16.4. The second kappa shape index (κ2) is 5.65. The zero-order chi connectivity index (χ0) is 15.5. The molecule has 0 aliphatic heterocycles. The summed E-state index contributed by atoms with van der Waals surface area (Å²) in [5.74, 6) is -1.27. The Bertz CT molecular complexity index is 868. The van der Waals surface area contributed by atoms with Crippen LogP contribution in [0.2, 0.25) is 0 Å². The molecule has 108 valence electrons. The van der Waals surface area contributed by atoms with E-state index in [-0.39, 0.29) is 5.56 Å². The monoisotopic (exact) mass is 292 g/mol. The minimum Gasteiger partial charge on any atom is -0.477 e. The van der Waals surface area contributed by atoms with E-state index in [1.54, 1.807) is 0 Å². The second-order valence-corrected chi connectivity index (χ2v) is 4.74. The molecule has 1 aromatic heterocycles. The molecule has 0 unspecified atom stereocenters. The summed E-state index contributed by atoms with van der Waals surface area (Å²) in [5, 5.41) is 15.1. The Morgan fingerprint density at radius 1 is 0.909 bits per heavy atom. The number of H-pyrrole nitrogens is 1. The molecule has 3 aromatic rings. The quantitative estimate of drug-likeness (QED) is 0.777. The molecule has 0 radical (unpaired) electrons. The highest BCUT2D eigenvalue weighted by Crippen LogP contribution is 2.23. The van der Waals surface area contributed by atoms with E-state index in [1.165, 1.54) is 6.07 Å². The number of carboxylic acids is 1.